The number of imide groups is 1. The van der Waals surface area contributed by atoms with Crippen LogP contribution in [0.25, 0.3) is 0 Å². The summed E-state index contributed by atoms with van der Waals surface area (Å²) in [5, 5.41) is 2.40. The van der Waals surface area contributed by atoms with Crippen molar-refractivity contribution in [1.29, 1.82) is 0 Å². The van der Waals surface area contributed by atoms with Gasteiger partial charge in [-0.25, -0.2) is 0 Å². The van der Waals surface area contributed by atoms with E-state index in [9.17, 15) is 9.59 Å². The first kappa shape index (κ1) is 15.9. The second kappa shape index (κ2) is 7.00. The van der Waals surface area contributed by atoms with E-state index in [0.29, 0.717) is 12.8 Å². The van der Waals surface area contributed by atoms with E-state index in [1.54, 1.807) is 0 Å². The fourth-order valence-electron chi connectivity index (χ4n) is 3.22. The molecular formula is C16H18N2O4. The van der Waals surface area contributed by atoms with Crippen molar-refractivity contribution in [1.82, 2.24) is 5.32 Å². The topological polar surface area (TPSA) is 83.6 Å². The smallest absolute Gasteiger partial charge is 0.371 e. The van der Waals surface area contributed by atoms with Gasteiger partial charge < -0.3 is 4.90 Å². The summed E-state index contributed by atoms with van der Waals surface area (Å²) >= 11 is 0. The second-order valence-electron chi connectivity index (χ2n) is 5.73. The Kier molecular flexibility index (Phi) is 5.07. The van der Waals surface area contributed by atoms with Crippen molar-refractivity contribution in [2.75, 3.05) is 18.0 Å². The molecule has 3 rings (SSSR count). The SMILES string of the molecule is O=C1CC2(CCN(c3ccccc3)CC2)CC(=O)N1.O=C=O. The zero-order valence-corrected chi connectivity index (χ0v) is 12.2. The van der Waals surface area contributed by atoms with E-state index in [1.165, 1.54) is 5.69 Å². The van der Waals surface area contributed by atoms with Crippen molar-refractivity contribution >= 4 is 23.7 Å². The van der Waals surface area contributed by atoms with Crippen LogP contribution in [0.2, 0.25) is 0 Å². The summed E-state index contributed by atoms with van der Waals surface area (Å²) in [6, 6.07) is 10.3. The number of carbonyl (C=O) groups is 2. The molecule has 0 unspecified atom stereocenters. The maximum Gasteiger partial charge on any atom is 0.373 e. The molecule has 0 bridgehead atoms. The molecule has 2 amide bonds. The Morgan fingerprint density at radius 1 is 0.955 bits per heavy atom. The molecule has 2 aliphatic heterocycles. The molecule has 6 heteroatoms. The highest BCUT2D eigenvalue weighted by Crippen LogP contribution is 2.41. The minimum Gasteiger partial charge on any atom is -0.371 e. The van der Waals surface area contributed by atoms with Crippen LogP contribution in [0.1, 0.15) is 25.7 Å². The van der Waals surface area contributed by atoms with Gasteiger partial charge in [-0.3, -0.25) is 14.9 Å². The fourth-order valence-corrected chi connectivity index (χ4v) is 3.22. The Hall–Kier alpha value is -2.46. The van der Waals surface area contributed by atoms with Crippen molar-refractivity contribution in [3.8, 4) is 0 Å². The lowest BCUT2D eigenvalue weighted by atomic mass is 9.71. The quantitative estimate of drug-likeness (QED) is 0.786. The molecule has 1 spiro atoms. The van der Waals surface area contributed by atoms with Gasteiger partial charge >= 0.3 is 6.15 Å². The lowest BCUT2D eigenvalue weighted by Gasteiger charge is -2.43. The largest absolute Gasteiger partial charge is 0.373 e. The third-order valence-electron chi connectivity index (χ3n) is 4.30. The number of hydrogen-bond acceptors (Lipinski definition) is 5. The van der Waals surface area contributed by atoms with Gasteiger partial charge in [-0.05, 0) is 30.4 Å². The normalized spacial score (nSPS) is 19.7. The van der Waals surface area contributed by atoms with Gasteiger partial charge in [-0.1, -0.05) is 18.2 Å². The highest BCUT2D eigenvalue weighted by molar-refractivity contribution is 5.98. The predicted molar refractivity (Wildman–Crippen MR) is 77.7 cm³/mol. The lowest BCUT2D eigenvalue weighted by molar-refractivity contribution is -0.191. The molecule has 0 aliphatic carbocycles. The molecule has 2 saturated heterocycles. The average molecular weight is 302 g/mol. The van der Waals surface area contributed by atoms with Crippen molar-refractivity contribution in [3.05, 3.63) is 30.3 Å². The molecule has 1 aromatic rings. The van der Waals surface area contributed by atoms with Crippen LogP contribution in [0.5, 0.6) is 0 Å². The first-order chi connectivity index (χ1) is 10.6. The standard InChI is InChI=1S/C15H18N2O2.CO2/c18-13-10-15(11-14(19)16-13)6-8-17(9-7-15)12-4-2-1-3-5-12;2-1-3/h1-5H,6-11H2,(H,16,18,19);. The Balaban J connectivity index is 0.000000545. The van der Waals surface area contributed by atoms with Gasteiger partial charge in [-0.2, -0.15) is 9.59 Å². The molecule has 22 heavy (non-hydrogen) atoms. The third kappa shape index (κ3) is 3.80. The van der Waals surface area contributed by atoms with Crippen LogP contribution in [-0.2, 0) is 19.2 Å². The number of benzene rings is 1. The predicted octanol–water partition coefficient (Wildman–Crippen LogP) is 1.13. The van der Waals surface area contributed by atoms with Crippen LogP contribution < -0.4 is 10.2 Å². The molecule has 0 saturated carbocycles. The van der Waals surface area contributed by atoms with Gasteiger partial charge in [-0.15, -0.1) is 0 Å². The maximum atomic E-state index is 11.6. The van der Waals surface area contributed by atoms with Crippen LogP contribution in [0.15, 0.2) is 30.3 Å². The van der Waals surface area contributed by atoms with Crippen molar-refractivity contribution in [2.24, 2.45) is 5.41 Å². The summed E-state index contributed by atoms with van der Waals surface area (Å²) in [6.45, 7) is 1.84. The van der Waals surface area contributed by atoms with Crippen LogP contribution in [-0.4, -0.2) is 31.1 Å². The van der Waals surface area contributed by atoms with Crippen LogP contribution in [0.3, 0.4) is 0 Å². The van der Waals surface area contributed by atoms with Crippen LogP contribution in [0.4, 0.5) is 5.69 Å². The van der Waals surface area contributed by atoms with E-state index in [2.05, 4.69) is 22.3 Å². The van der Waals surface area contributed by atoms with E-state index < -0.39 is 0 Å². The monoisotopic (exact) mass is 302 g/mol. The van der Waals surface area contributed by atoms with Crippen molar-refractivity contribution in [2.45, 2.75) is 25.7 Å². The van der Waals surface area contributed by atoms with Gasteiger partial charge in [0.1, 0.15) is 0 Å². The van der Waals surface area contributed by atoms with Gasteiger partial charge in [0, 0.05) is 31.6 Å². The van der Waals surface area contributed by atoms with Gasteiger partial charge in [0.2, 0.25) is 11.8 Å². The second-order valence-corrected chi connectivity index (χ2v) is 5.73. The third-order valence-corrected chi connectivity index (χ3v) is 4.30. The summed E-state index contributed by atoms with van der Waals surface area (Å²) in [7, 11) is 0. The summed E-state index contributed by atoms with van der Waals surface area (Å²) in [6.07, 6.45) is 3.09. The van der Waals surface area contributed by atoms with Crippen molar-refractivity contribution < 1.29 is 19.2 Å². The highest BCUT2D eigenvalue weighted by atomic mass is 16.2. The minimum atomic E-state index is -0.107. The number of para-hydroxylation sites is 1. The zero-order chi connectivity index (χ0) is 16.0. The first-order valence-corrected chi connectivity index (χ1v) is 7.20. The number of carbonyl (C=O) groups excluding carboxylic acids is 4. The number of hydrogen-bond donors (Lipinski definition) is 1. The summed E-state index contributed by atoms with van der Waals surface area (Å²) in [5.41, 5.74) is 1.13. The molecule has 0 aromatic heterocycles. The molecule has 0 atom stereocenters. The van der Waals surface area contributed by atoms with E-state index in [-0.39, 0.29) is 23.4 Å². The molecular weight excluding hydrogens is 284 g/mol. The van der Waals surface area contributed by atoms with E-state index >= 15 is 0 Å². The van der Waals surface area contributed by atoms with E-state index in [1.807, 2.05) is 18.2 Å². The number of anilines is 1. The van der Waals surface area contributed by atoms with E-state index in [4.69, 9.17) is 9.59 Å². The fraction of sp³-hybridized carbons (Fsp3) is 0.438. The lowest BCUT2D eigenvalue weighted by Crippen LogP contribution is -2.50. The Labute approximate surface area is 128 Å². The van der Waals surface area contributed by atoms with Gasteiger partial charge in [0.05, 0.1) is 0 Å². The zero-order valence-electron chi connectivity index (χ0n) is 12.2. The number of nitrogens with one attached hydrogen (secondary N) is 1. The molecule has 2 fully saturated rings. The molecule has 2 heterocycles. The highest BCUT2D eigenvalue weighted by Gasteiger charge is 2.41. The average Bonchev–Trinajstić information content (AvgIpc) is 2.48. The minimum absolute atomic E-state index is 0.0926. The van der Waals surface area contributed by atoms with E-state index in [0.717, 1.165) is 25.9 Å². The summed E-state index contributed by atoms with van der Waals surface area (Å²) in [5.74, 6) is -0.214. The number of nitrogens with zero attached hydrogens (tertiary/aromatic N) is 1. The molecule has 6 nitrogen and oxygen atoms in total. The molecule has 116 valence electrons. The summed E-state index contributed by atoms with van der Waals surface area (Å²) in [4.78, 5) is 41.7. The Bertz CT molecular complexity index is 553. The summed E-state index contributed by atoms with van der Waals surface area (Å²) < 4.78 is 0. The molecule has 1 N–H and O–H groups in total. The molecule has 0 radical (unpaired) electrons. The molecule has 2 aliphatic rings. The number of rotatable bonds is 1. The van der Waals surface area contributed by atoms with Crippen LogP contribution >= 0.6 is 0 Å². The van der Waals surface area contributed by atoms with Gasteiger partial charge in [0.15, 0.2) is 0 Å². The maximum absolute atomic E-state index is 11.6. The Morgan fingerprint density at radius 3 is 1.95 bits per heavy atom. The van der Waals surface area contributed by atoms with Crippen molar-refractivity contribution in [3.63, 3.8) is 0 Å². The first-order valence-electron chi connectivity index (χ1n) is 7.20. The van der Waals surface area contributed by atoms with Crippen LogP contribution in [0, 0.1) is 5.41 Å². The number of amides is 2. The molecule has 1 aromatic carbocycles. The van der Waals surface area contributed by atoms with Gasteiger partial charge in [0.25, 0.3) is 0 Å². The number of piperidine rings is 2. The Morgan fingerprint density at radius 2 is 1.45 bits per heavy atom.